The van der Waals surface area contributed by atoms with E-state index in [-0.39, 0.29) is 24.1 Å². The summed E-state index contributed by atoms with van der Waals surface area (Å²) in [7, 11) is 0. The molecule has 10 heteroatoms. The number of anilines is 1. The van der Waals surface area contributed by atoms with Crippen molar-refractivity contribution in [2.75, 3.05) is 43.4 Å². The van der Waals surface area contributed by atoms with Gasteiger partial charge in [0.1, 0.15) is 6.33 Å². The Hall–Kier alpha value is -3.04. The number of aromatic nitrogens is 3. The molecule has 1 aliphatic heterocycles. The van der Waals surface area contributed by atoms with E-state index in [4.69, 9.17) is 11.6 Å². The van der Waals surface area contributed by atoms with Crippen LogP contribution in [-0.2, 0) is 9.59 Å². The molecule has 0 unspecified atom stereocenters. The molecule has 1 fully saturated rings. The van der Waals surface area contributed by atoms with Crippen LogP contribution in [0.5, 0.6) is 0 Å². The second-order valence-electron chi connectivity index (χ2n) is 7.73. The lowest BCUT2D eigenvalue weighted by molar-refractivity contribution is -0.132. The highest BCUT2D eigenvalue weighted by Crippen LogP contribution is 2.20. The summed E-state index contributed by atoms with van der Waals surface area (Å²) < 4.78 is 1.84. The van der Waals surface area contributed by atoms with Crippen LogP contribution in [-0.4, -0.2) is 70.0 Å². The number of carbonyl (C=O) groups is 2. The van der Waals surface area contributed by atoms with Gasteiger partial charge in [0.2, 0.25) is 11.8 Å². The predicted octanol–water partition coefficient (Wildman–Crippen LogP) is 2.79. The van der Waals surface area contributed by atoms with Crippen molar-refractivity contribution in [2.24, 2.45) is 0 Å². The average Bonchev–Trinajstić information content (AvgIpc) is 3.31. The molecule has 1 saturated heterocycles. The highest BCUT2D eigenvalue weighted by Gasteiger charge is 2.21. The molecule has 2 heterocycles. The van der Waals surface area contributed by atoms with E-state index in [1.807, 2.05) is 60.0 Å². The van der Waals surface area contributed by atoms with Gasteiger partial charge in [0.15, 0.2) is 5.16 Å². The fourth-order valence-electron chi connectivity index (χ4n) is 3.54. The molecule has 4 rings (SSSR count). The van der Waals surface area contributed by atoms with Gasteiger partial charge in [0.05, 0.1) is 12.3 Å². The van der Waals surface area contributed by atoms with Crippen LogP contribution in [0.3, 0.4) is 0 Å². The zero-order chi connectivity index (χ0) is 23.2. The minimum Gasteiger partial charge on any atom is -0.368 e. The molecule has 0 spiro atoms. The van der Waals surface area contributed by atoms with Gasteiger partial charge in [-0.2, -0.15) is 0 Å². The van der Waals surface area contributed by atoms with Crippen molar-refractivity contribution in [1.82, 2.24) is 25.0 Å². The van der Waals surface area contributed by atoms with Crippen molar-refractivity contribution in [2.45, 2.75) is 12.1 Å². The average molecular weight is 485 g/mol. The Morgan fingerprint density at radius 1 is 1.00 bits per heavy atom. The van der Waals surface area contributed by atoms with Crippen LogP contribution in [0, 0.1) is 6.92 Å². The van der Waals surface area contributed by atoms with E-state index in [1.165, 1.54) is 11.8 Å². The molecular formula is C23H25ClN6O2S. The van der Waals surface area contributed by atoms with Gasteiger partial charge in [-0.25, -0.2) is 0 Å². The monoisotopic (exact) mass is 484 g/mol. The van der Waals surface area contributed by atoms with Gasteiger partial charge < -0.3 is 15.1 Å². The number of halogens is 1. The molecule has 0 saturated carbocycles. The van der Waals surface area contributed by atoms with Gasteiger partial charge in [-0.3, -0.25) is 14.2 Å². The Morgan fingerprint density at radius 2 is 1.67 bits per heavy atom. The number of benzene rings is 2. The van der Waals surface area contributed by atoms with E-state index >= 15 is 0 Å². The number of nitrogens with zero attached hydrogens (tertiary/aromatic N) is 5. The van der Waals surface area contributed by atoms with E-state index in [0.29, 0.717) is 23.3 Å². The SMILES string of the molecule is Cc1ccc(-n2cnnc2SCC(=O)NCC(=O)N2CCN(c3ccc(Cl)cc3)CC2)cc1. The smallest absolute Gasteiger partial charge is 0.242 e. The van der Waals surface area contributed by atoms with Gasteiger partial charge in [-0.1, -0.05) is 41.1 Å². The Balaban J connectivity index is 1.21. The third-order valence-electron chi connectivity index (χ3n) is 5.42. The van der Waals surface area contributed by atoms with Crippen LogP contribution in [0.25, 0.3) is 5.69 Å². The predicted molar refractivity (Wildman–Crippen MR) is 130 cm³/mol. The largest absolute Gasteiger partial charge is 0.368 e. The van der Waals surface area contributed by atoms with E-state index in [0.717, 1.165) is 30.0 Å². The van der Waals surface area contributed by atoms with Gasteiger partial charge in [-0.15, -0.1) is 10.2 Å². The highest BCUT2D eigenvalue weighted by molar-refractivity contribution is 7.99. The summed E-state index contributed by atoms with van der Waals surface area (Å²) in [6, 6.07) is 15.7. The number of hydrogen-bond donors (Lipinski definition) is 1. The molecule has 1 N–H and O–H groups in total. The number of aryl methyl sites for hydroxylation is 1. The molecule has 3 aromatic rings. The van der Waals surface area contributed by atoms with Gasteiger partial charge in [0, 0.05) is 42.6 Å². The summed E-state index contributed by atoms with van der Waals surface area (Å²) in [6.45, 7) is 4.73. The number of rotatable bonds is 7. The molecule has 0 atom stereocenters. The fraction of sp³-hybridized carbons (Fsp3) is 0.304. The van der Waals surface area contributed by atoms with E-state index in [1.54, 1.807) is 11.2 Å². The third-order valence-corrected chi connectivity index (χ3v) is 6.62. The maximum Gasteiger partial charge on any atom is 0.242 e. The minimum atomic E-state index is -0.216. The number of amides is 2. The van der Waals surface area contributed by atoms with Crippen LogP contribution >= 0.6 is 23.4 Å². The molecule has 0 radical (unpaired) electrons. The van der Waals surface area contributed by atoms with Crippen LogP contribution in [0.4, 0.5) is 5.69 Å². The number of piperazine rings is 1. The maximum absolute atomic E-state index is 12.5. The van der Waals surface area contributed by atoms with E-state index in [2.05, 4.69) is 20.4 Å². The van der Waals surface area contributed by atoms with Crippen molar-refractivity contribution in [1.29, 1.82) is 0 Å². The van der Waals surface area contributed by atoms with Crippen molar-refractivity contribution in [3.63, 3.8) is 0 Å². The number of hydrogen-bond acceptors (Lipinski definition) is 6. The summed E-state index contributed by atoms with van der Waals surface area (Å²) in [6.07, 6.45) is 1.62. The quantitative estimate of drug-likeness (QED) is 0.519. The van der Waals surface area contributed by atoms with Crippen molar-refractivity contribution >= 4 is 40.9 Å². The standard InChI is InChI=1S/C23H25ClN6O2S/c1-17-2-6-20(7-3-17)30-16-26-27-23(30)33-15-21(31)25-14-22(32)29-12-10-28(11-13-29)19-8-4-18(24)5-9-19/h2-9,16H,10-15H2,1H3,(H,25,31). The summed E-state index contributed by atoms with van der Waals surface area (Å²) in [5.41, 5.74) is 3.19. The van der Waals surface area contributed by atoms with E-state index < -0.39 is 0 Å². The number of nitrogens with one attached hydrogen (secondary N) is 1. The normalized spacial score (nSPS) is 13.8. The summed E-state index contributed by atoms with van der Waals surface area (Å²) in [5.74, 6) is -0.138. The Kier molecular flexibility index (Phi) is 7.51. The summed E-state index contributed by atoms with van der Waals surface area (Å²) in [5, 5.41) is 12.1. The van der Waals surface area contributed by atoms with Crippen LogP contribution in [0.2, 0.25) is 5.02 Å². The van der Waals surface area contributed by atoms with E-state index in [9.17, 15) is 9.59 Å². The molecule has 33 heavy (non-hydrogen) atoms. The Labute approximate surface area is 201 Å². The molecule has 2 amide bonds. The lowest BCUT2D eigenvalue weighted by Gasteiger charge is -2.36. The first kappa shape index (κ1) is 23.1. The van der Waals surface area contributed by atoms with Gasteiger partial charge in [-0.05, 0) is 43.3 Å². The Morgan fingerprint density at radius 3 is 2.36 bits per heavy atom. The van der Waals surface area contributed by atoms with Crippen LogP contribution in [0.1, 0.15) is 5.56 Å². The topological polar surface area (TPSA) is 83.4 Å². The van der Waals surface area contributed by atoms with Crippen molar-refractivity contribution < 1.29 is 9.59 Å². The molecule has 1 aromatic heterocycles. The third kappa shape index (κ3) is 6.06. The van der Waals surface area contributed by atoms with Crippen molar-refractivity contribution in [3.8, 4) is 5.69 Å². The number of carbonyl (C=O) groups excluding carboxylic acids is 2. The first-order valence-corrected chi connectivity index (χ1v) is 12.0. The van der Waals surface area contributed by atoms with Crippen molar-refractivity contribution in [3.05, 3.63) is 65.4 Å². The maximum atomic E-state index is 12.5. The highest BCUT2D eigenvalue weighted by atomic mass is 35.5. The zero-order valence-electron chi connectivity index (χ0n) is 18.3. The Bertz CT molecular complexity index is 1090. The summed E-state index contributed by atoms with van der Waals surface area (Å²) in [4.78, 5) is 28.8. The molecule has 0 aliphatic carbocycles. The first-order chi connectivity index (χ1) is 16.0. The number of thioether (sulfide) groups is 1. The zero-order valence-corrected chi connectivity index (χ0v) is 19.8. The molecule has 8 nitrogen and oxygen atoms in total. The molecule has 2 aromatic carbocycles. The molecular weight excluding hydrogens is 460 g/mol. The lowest BCUT2D eigenvalue weighted by Crippen LogP contribution is -2.51. The second kappa shape index (κ2) is 10.7. The molecule has 172 valence electrons. The van der Waals surface area contributed by atoms with Crippen LogP contribution < -0.4 is 10.2 Å². The second-order valence-corrected chi connectivity index (χ2v) is 9.11. The van der Waals surface area contributed by atoms with Gasteiger partial charge in [0.25, 0.3) is 0 Å². The molecule has 0 bridgehead atoms. The lowest BCUT2D eigenvalue weighted by atomic mass is 10.2. The summed E-state index contributed by atoms with van der Waals surface area (Å²) >= 11 is 7.24. The fourth-order valence-corrected chi connectivity index (χ4v) is 4.42. The van der Waals surface area contributed by atoms with Crippen LogP contribution in [0.15, 0.2) is 60.0 Å². The van der Waals surface area contributed by atoms with Gasteiger partial charge >= 0.3 is 0 Å². The first-order valence-electron chi connectivity index (χ1n) is 10.6. The minimum absolute atomic E-state index is 0.00894. The molecule has 1 aliphatic rings.